The zero-order valence-corrected chi connectivity index (χ0v) is 36.9. The fraction of sp³-hybridized carbons (Fsp3) is 0.535. The van der Waals surface area contributed by atoms with Gasteiger partial charge in [0, 0.05) is 87.1 Å². The number of piperazine rings is 1. The van der Waals surface area contributed by atoms with Gasteiger partial charge in [0.25, 0.3) is 5.91 Å². The number of aromatic amines is 1. The highest BCUT2D eigenvalue weighted by atomic mass is 32.2. The minimum absolute atomic E-state index is 0.00549. The van der Waals surface area contributed by atoms with Crippen molar-refractivity contribution in [2.75, 3.05) is 71.5 Å². The Morgan fingerprint density at radius 1 is 0.984 bits per heavy atom. The predicted molar refractivity (Wildman–Crippen MR) is 231 cm³/mol. The van der Waals surface area contributed by atoms with Crippen LogP contribution in [0.2, 0.25) is 0 Å². The molecule has 0 aliphatic carbocycles. The number of nitrogens with one attached hydrogen (secondary N) is 2. The van der Waals surface area contributed by atoms with Crippen LogP contribution >= 0.6 is 0 Å². The molecule has 1 saturated heterocycles. The van der Waals surface area contributed by atoms with Gasteiger partial charge in [-0.1, -0.05) is 12.1 Å². The maximum absolute atomic E-state index is 13.9. The number of nitrogens with two attached hydrogens (primary N) is 1. The molecule has 18 heteroatoms. The second-order valence-corrected chi connectivity index (χ2v) is 19.3. The number of anilines is 2. The number of benzene rings is 2. The van der Waals surface area contributed by atoms with Crippen LogP contribution in [0.5, 0.6) is 5.75 Å². The Bertz CT molecular complexity index is 2320. The minimum Gasteiger partial charge on any atom is -0.492 e. The van der Waals surface area contributed by atoms with E-state index >= 15 is 0 Å². The Balaban J connectivity index is 0.930. The van der Waals surface area contributed by atoms with Crippen molar-refractivity contribution in [3.63, 3.8) is 0 Å². The first-order valence-electron chi connectivity index (χ1n) is 20.8. The Kier molecular flexibility index (Phi) is 14.6. The number of methoxy groups -OCH3 is 1. The number of carbonyl (C=O) groups is 3. The van der Waals surface area contributed by atoms with Crippen molar-refractivity contribution in [1.29, 1.82) is 0 Å². The lowest BCUT2D eigenvalue weighted by atomic mass is 10.00. The zero-order chi connectivity index (χ0) is 43.9. The number of hydrogen-bond acceptors (Lipinski definition) is 14. The smallest absolute Gasteiger partial charge is 0.305 e. The van der Waals surface area contributed by atoms with Crippen molar-refractivity contribution >= 4 is 50.2 Å². The summed E-state index contributed by atoms with van der Waals surface area (Å²) < 4.78 is 43.6. The van der Waals surface area contributed by atoms with E-state index in [0.717, 1.165) is 80.9 Å². The number of sulfone groups is 1. The van der Waals surface area contributed by atoms with Gasteiger partial charge in [-0.15, -0.1) is 0 Å². The number of fused-ring (bicyclic) bond motifs is 2. The van der Waals surface area contributed by atoms with Gasteiger partial charge in [-0.25, -0.2) is 18.4 Å². The van der Waals surface area contributed by atoms with Crippen molar-refractivity contribution in [2.24, 2.45) is 5.73 Å². The summed E-state index contributed by atoms with van der Waals surface area (Å²) in [4.78, 5) is 52.3. The number of amides is 2. The van der Waals surface area contributed by atoms with Gasteiger partial charge in [0.2, 0.25) is 5.91 Å². The molecule has 1 unspecified atom stereocenters. The molecule has 1 atom stereocenters. The average molecular weight is 862 g/mol. The van der Waals surface area contributed by atoms with E-state index in [9.17, 15) is 22.8 Å². The Morgan fingerprint density at radius 3 is 2.39 bits per heavy atom. The number of carbonyl (C=O) groups excluding carboxylic acids is 3. The molecule has 17 nitrogen and oxygen atoms in total. The van der Waals surface area contributed by atoms with Gasteiger partial charge >= 0.3 is 5.97 Å². The number of primary amides is 1. The second-order valence-electron chi connectivity index (χ2n) is 16.6. The van der Waals surface area contributed by atoms with Crippen LogP contribution in [0, 0.1) is 13.8 Å². The van der Waals surface area contributed by atoms with Crippen molar-refractivity contribution in [1.82, 2.24) is 34.9 Å². The molecular weight excluding hydrogens is 803 g/mol. The largest absolute Gasteiger partial charge is 0.492 e. The monoisotopic (exact) mass is 861 g/mol. The van der Waals surface area contributed by atoms with Crippen LogP contribution in [0.3, 0.4) is 0 Å². The molecule has 2 aliphatic rings. The lowest BCUT2D eigenvalue weighted by molar-refractivity contribution is -0.141. The Labute approximate surface area is 357 Å². The van der Waals surface area contributed by atoms with Crippen LogP contribution < -0.4 is 15.8 Å². The maximum Gasteiger partial charge on any atom is 0.305 e. The first-order chi connectivity index (χ1) is 29.1. The molecule has 1 fully saturated rings. The highest BCUT2D eigenvalue weighted by molar-refractivity contribution is 7.92. The van der Waals surface area contributed by atoms with Gasteiger partial charge in [0.1, 0.15) is 28.8 Å². The van der Waals surface area contributed by atoms with E-state index in [0.29, 0.717) is 47.9 Å². The van der Waals surface area contributed by atoms with Crippen molar-refractivity contribution in [2.45, 2.75) is 89.0 Å². The van der Waals surface area contributed by atoms with E-state index in [2.05, 4.69) is 35.3 Å². The molecule has 2 aromatic carbocycles. The number of aryl methyl sites for hydroxylation is 2. The third-order valence-electron chi connectivity index (χ3n) is 11.6. The lowest BCUT2D eigenvalue weighted by Crippen LogP contribution is -2.47. The van der Waals surface area contributed by atoms with Crippen molar-refractivity contribution in [3.05, 3.63) is 64.6 Å². The molecule has 4 aromatic rings. The molecule has 2 aromatic heterocycles. The summed E-state index contributed by atoms with van der Waals surface area (Å²) in [6.45, 7) is 16.0. The number of hydrogen-bond donors (Lipinski definition) is 3. The lowest BCUT2D eigenvalue weighted by Gasteiger charge is -2.34. The summed E-state index contributed by atoms with van der Waals surface area (Å²) in [5.41, 5.74) is 10.5. The van der Waals surface area contributed by atoms with Gasteiger partial charge in [0.05, 0.1) is 30.6 Å². The van der Waals surface area contributed by atoms with Crippen LogP contribution in [-0.2, 0) is 41.9 Å². The summed E-state index contributed by atoms with van der Waals surface area (Å²) in [7, 11) is -2.51. The molecule has 0 radical (unpaired) electrons. The number of ether oxygens (including phenoxy) is 3. The van der Waals surface area contributed by atoms with E-state index in [4.69, 9.17) is 19.9 Å². The van der Waals surface area contributed by atoms with E-state index in [-0.39, 0.29) is 35.9 Å². The Morgan fingerprint density at radius 2 is 1.72 bits per heavy atom. The van der Waals surface area contributed by atoms with Gasteiger partial charge in [-0.05, 0) is 83.6 Å². The van der Waals surface area contributed by atoms with Gasteiger partial charge < -0.3 is 35.1 Å². The van der Waals surface area contributed by atoms with Crippen LogP contribution in [0.1, 0.15) is 79.2 Å². The molecule has 6 rings (SSSR count). The van der Waals surface area contributed by atoms with Crippen molar-refractivity contribution < 1.29 is 37.0 Å². The fourth-order valence-electron chi connectivity index (χ4n) is 7.62. The number of esters is 1. The molecule has 4 N–H and O–H groups in total. The molecular formula is C43H59N9O8S. The van der Waals surface area contributed by atoms with E-state index in [1.807, 2.05) is 26.0 Å². The number of aromatic nitrogens is 4. The molecule has 61 heavy (non-hydrogen) atoms. The minimum atomic E-state index is -3.79. The molecule has 0 bridgehead atoms. The standard InChI is InChI=1S/C43H59N9O8S/c1-28-29(2)48-49-40(28)47-41-32-24-37(61(56,57)43(3,4)5)36(25-34(32)45-27-46-41)60-22-9-15-50-16-18-51(19-17-50)20-23-59-21-8-11-30-10-7-12-31-33(30)26-52(42(31)55)35(39(44)54)13-14-38(53)58-6/h7,10,12,24-25,27,35H,8-9,11,13-23,26H2,1-6H3,(H2,44,54)(H2,45,46,47,48,49). The first kappa shape index (κ1) is 45.4. The Hall–Kier alpha value is -5.17. The van der Waals surface area contributed by atoms with E-state index in [1.165, 1.54) is 18.3 Å². The first-order valence-corrected chi connectivity index (χ1v) is 22.3. The van der Waals surface area contributed by atoms with Crippen LogP contribution in [0.15, 0.2) is 41.6 Å². The summed E-state index contributed by atoms with van der Waals surface area (Å²) in [6.07, 6.45) is 3.77. The number of nitrogens with zero attached hydrogens (tertiary/aromatic N) is 6. The van der Waals surface area contributed by atoms with E-state index in [1.54, 1.807) is 39.0 Å². The van der Waals surface area contributed by atoms with Crippen LogP contribution in [-0.4, -0.2) is 138 Å². The highest BCUT2D eigenvalue weighted by Gasteiger charge is 2.37. The third-order valence-corrected chi connectivity index (χ3v) is 14.1. The molecule has 330 valence electrons. The maximum atomic E-state index is 13.9. The normalized spacial score (nSPS) is 15.6. The molecule has 2 amide bonds. The van der Waals surface area contributed by atoms with E-state index < -0.39 is 32.5 Å². The van der Waals surface area contributed by atoms with Crippen LogP contribution in [0.4, 0.5) is 11.6 Å². The van der Waals surface area contributed by atoms with Gasteiger partial charge in [-0.2, -0.15) is 5.10 Å². The summed E-state index contributed by atoms with van der Waals surface area (Å²) in [6, 6.07) is 8.03. The molecule has 4 heterocycles. The molecule has 0 spiro atoms. The van der Waals surface area contributed by atoms with Gasteiger partial charge in [0.15, 0.2) is 15.7 Å². The highest BCUT2D eigenvalue weighted by Crippen LogP contribution is 2.37. The summed E-state index contributed by atoms with van der Waals surface area (Å²) >= 11 is 0. The fourth-order valence-corrected chi connectivity index (χ4v) is 8.93. The number of rotatable bonds is 20. The quantitative estimate of drug-likeness (QED) is 0.0844. The average Bonchev–Trinajstić information content (AvgIpc) is 3.73. The predicted octanol–water partition coefficient (Wildman–Crippen LogP) is 4.08. The topological polar surface area (TPSA) is 215 Å². The summed E-state index contributed by atoms with van der Waals surface area (Å²) in [5.74, 6) is -0.0197. The molecule has 2 aliphatic heterocycles. The molecule has 0 saturated carbocycles. The SMILES string of the molecule is COC(=O)CCC(C(N)=O)N1Cc2c(CCCOCCN3CCN(CCCOc4cc5ncnc(Nc6n[nH]c(C)c6C)c5cc4S(=O)(=O)C(C)(C)C)CC3)cccc2C1=O. The third kappa shape index (κ3) is 10.7. The van der Waals surface area contributed by atoms with Gasteiger partial charge in [-0.3, -0.25) is 24.4 Å². The van der Waals surface area contributed by atoms with Crippen molar-refractivity contribution in [3.8, 4) is 5.75 Å². The summed E-state index contributed by atoms with van der Waals surface area (Å²) in [5, 5.41) is 11.1. The van der Waals surface area contributed by atoms with Crippen LogP contribution in [0.25, 0.3) is 10.9 Å². The zero-order valence-electron chi connectivity index (χ0n) is 36.1. The second kappa shape index (κ2) is 19.7. The number of H-pyrrole nitrogens is 1.